The van der Waals surface area contributed by atoms with Crippen molar-refractivity contribution < 1.29 is 9.18 Å². The molecule has 29 heavy (non-hydrogen) atoms. The first kappa shape index (κ1) is 19.5. The van der Waals surface area contributed by atoms with Crippen LogP contribution in [0.15, 0.2) is 89.8 Å². The zero-order valence-electron chi connectivity index (χ0n) is 16.1. The van der Waals surface area contributed by atoms with E-state index >= 15 is 0 Å². The van der Waals surface area contributed by atoms with Crippen LogP contribution in [0.25, 0.3) is 0 Å². The maximum atomic E-state index is 13.4. The first-order valence-corrected chi connectivity index (χ1v) is 10.6. The summed E-state index contributed by atoms with van der Waals surface area (Å²) >= 11 is 1.60. The molecule has 5 heteroatoms. The molecule has 4 rings (SSSR count). The van der Waals surface area contributed by atoms with Crippen LogP contribution < -0.4 is 4.90 Å². The molecule has 1 aliphatic heterocycles. The average Bonchev–Trinajstić information content (AvgIpc) is 2.79. The molecule has 0 N–H and O–H groups in total. The zero-order valence-corrected chi connectivity index (χ0v) is 16.9. The van der Waals surface area contributed by atoms with Crippen molar-refractivity contribution >= 4 is 23.4 Å². The van der Waals surface area contributed by atoms with Crippen molar-refractivity contribution in [2.24, 2.45) is 0 Å². The van der Waals surface area contributed by atoms with Gasteiger partial charge in [0.05, 0.1) is 0 Å². The molecule has 0 aromatic heterocycles. The Morgan fingerprint density at radius 3 is 2.00 bits per heavy atom. The molecular weight excluding hydrogens is 383 g/mol. The summed E-state index contributed by atoms with van der Waals surface area (Å²) in [7, 11) is 0. The summed E-state index contributed by atoms with van der Waals surface area (Å²) in [4.78, 5) is 18.7. The van der Waals surface area contributed by atoms with E-state index in [0.717, 1.165) is 29.2 Å². The summed E-state index contributed by atoms with van der Waals surface area (Å²) in [6.45, 7) is 2.81. The smallest absolute Gasteiger partial charge is 0.240 e. The van der Waals surface area contributed by atoms with Gasteiger partial charge in [-0.1, -0.05) is 48.5 Å². The lowest BCUT2D eigenvalue weighted by atomic mass is 10.1. The Morgan fingerprint density at radius 1 is 0.793 bits per heavy atom. The Hall–Kier alpha value is -2.79. The summed E-state index contributed by atoms with van der Waals surface area (Å²) in [6, 6.07) is 26.6. The van der Waals surface area contributed by atoms with Gasteiger partial charge in [0.2, 0.25) is 5.91 Å². The highest BCUT2D eigenvalue weighted by Crippen LogP contribution is 2.37. The summed E-state index contributed by atoms with van der Waals surface area (Å²) in [5.41, 5.74) is 2.02. The number of nitrogens with zero attached hydrogens (tertiary/aromatic N) is 2. The minimum absolute atomic E-state index is 0.142. The molecular formula is C24H23FN2OS. The number of carbonyl (C=O) groups excluding carboxylic acids is 1. The second-order valence-electron chi connectivity index (χ2n) is 7.01. The normalized spacial score (nSPS) is 15.2. The molecule has 0 radical (unpaired) electrons. The van der Waals surface area contributed by atoms with E-state index in [0.29, 0.717) is 13.1 Å². The number of hydrogen-bond donors (Lipinski definition) is 0. The molecule has 3 nitrogen and oxygen atoms in total. The standard InChI is InChI=1S/C24H23FN2OS/c25-20-11-13-21(14-12-20)26-15-17-27(18-16-26)24(28)23(19-7-3-1-4-8-19)29-22-9-5-2-6-10-22/h1-14,23H,15-18H2. The maximum absolute atomic E-state index is 13.4. The molecule has 1 fully saturated rings. The minimum Gasteiger partial charge on any atom is -0.368 e. The largest absolute Gasteiger partial charge is 0.368 e. The molecule has 1 unspecified atom stereocenters. The van der Waals surface area contributed by atoms with Crippen LogP contribution in [0, 0.1) is 5.82 Å². The number of carbonyl (C=O) groups is 1. The van der Waals surface area contributed by atoms with E-state index in [4.69, 9.17) is 0 Å². The lowest BCUT2D eigenvalue weighted by Gasteiger charge is -2.37. The molecule has 3 aromatic rings. The van der Waals surface area contributed by atoms with Crippen LogP contribution in [0.5, 0.6) is 0 Å². The van der Waals surface area contributed by atoms with Crippen LogP contribution in [-0.4, -0.2) is 37.0 Å². The molecule has 1 saturated heterocycles. The predicted octanol–water partition coefficient (Wildman–Crippen LogP) is 5.01. The zero-order chi connectivity index (χ0) is 20.1. The van der Waals surface area contributed by atoms with Crippen molar-refractivity contribution in [2.75, 3.05) is 31.1 Å². The molecule has 1 heterocycles. The SMILES string of the molecule is O=C(C(Sc1ccccc1)c1ccccc1)N1CCN(c2ccc(F)cc2)CC1. The van der Waals surface area contributed by atoms with E-state index < -0.39 is 0 Å². The van der Waals surface area contributed by atoms with Crippen molar-refractivity contribution in [1.82, 2.24) is 4.90 Å². The second-order valence-corrected chi connectivity index (χ2v) is 8.19. The molecule has 0 spiro atoms. The Balaban J connectivity index is 1.47. The van der Waals surface area contributed by atoms with Crippen LogP contribution in [0.2, 0.25) is 0 Å². The Morgan fingerprint density at radius 2 is 1.38 bits per heavy atom. The van der Waals surface area contributed by atoms with Gasteiger partial charge >= 0.3 is 0 Å². The molecule has 1 amide bonds. The van der Waals surface area contributed by atoms with Crippen molar-refractivity contribution in [3.63, 3.8) is 0 Å². The van der Waals surface area contributed by atoms with Gasteiger partial charge in [-0.25, -0.2) is 4.39 Å². The van der Waals surface area contributed by atoms with E-state index in [1.54, 1.807) is 23.9 Å². The van der Waals surface area contributed by atoms with Gasteiger partial charge in [0, 0.05) is 36.8 Å². The fraction of sp³-hybridized carbons (Fsp3) is 0.208. The average molecular weight is 407 g/mol. The van der Waals surface area contributed by atoms with Gasteiger partial charge < -0.3 is 9.80 Å². The van der Waals surface area contributed by atoms with Crippen LogP contribution in [0.1, 0.15) is 10.8 Å². The van der Waals surface area contributed by atoms with E-state index in [2.05, 4.69) is 4.90 Å². The fourth-order valence-corrected chi connectivity index (χ4v) is 4.66. The number of amides is 1. The number of halogens is 1. The maximum Gasteiger partial charge on any atom is 0.240 e. The quantitative estimate of drug-likeness (QED) is 0.557. The van der Waals surface area contributed by atoms with Crippen LogP contribution in [0.3, 0.4) is 0 Å². The topological polar surface area (TPSA) is 23.6 Å². The number of rotatable bonds is 5. The molecule has 0 saturated carbocycles. The minimum atomic E-state index is -0.268. The number of piperazine rings is 1. The third-order valence-electron chi connectivity index (χ3n) is 5.11. The van der Waals surface area contributed by atoms with E-state index in [1.807, 2.05) is 65.6 Å². The van der Waals surface area contributed by atoms with Crippen LogP contribution in [-0.2, 0) is 4.79 Å². The third-order valence-corrected chi connectivity index (χ3v) is 6.36. The van der Waals surface area contributed by atoms with Crippen molar-refractivity contribution in [1.29, 1.82) is 0 Å². The summed E-state index contributed by atoms with van der Waals surface area (Å²) < 4.78 is 13.2. The Labute approximate surface area is 175 Å². The van der Waals surface area contributed by atoms with Gasteiger partial charge in [0.25, 0.3) is 0 Å². The monoisotopic (exact) mass is 406 g/mol. The third kappa shape index (κ3) is 4.80. The van der Waals surface area contributed by atoms with Gasteiger partial charge in [-0.2, -0.15) is 0 Å². The van der Waals surface area contributed by atoms with Crippen molar-refractivity contribution in [3.05, 3.63) is 96.3 Å². The Bertz CT molecular complexity index is 926. The molecule has 148 valence electrons. The highest BCUT2D eigenvalue weighted by molar-refractivity contribution is 8.00. The fourth-order valence-electron chi connectivity index (χ4n) is 3.53. The van der Waals surface area contributed by atoms with Gasteiger partial charge in [0.1, 0.15) is 11.1 Å². The van der Waals surface area contributed by atoms with Crippen molar-refractivity contribution in [3.8, 4) is 0 Å². The number of benzene rings is 3. The molecule has 1 atom stereocenters. The van der Waals surface area contributed by atoms with Gasteiger partial charge in [-0.05, 0) is 42.0 Å². The van der Waals surface area contributed by atoms with E-state index in [-0.39, 0.29) is 17.0 Å². The van der Waals surface area contributed by atoms with Gasteiger partial charge in [0.15, 0.2) is 0 Å². The van der Waals surface area contributed by atoms with E-state index in [9.17, 15) is 9.18 Å². The molecule has 0 bridgehead atoms. The van der Waals surface area contributed by atoms with Gasteiger partial charge in [-0.3, -0.25) is 4.79 Å². The van der Waals surface area contributed by atoms with Crippen LogP contribution in [0.4, 0.5) is 10.1 Å². The summed E-state index contributed by atoms with van der Waals surface area (Å²) in [5.74, 6) is -0.0880. The Kier molecular flexibility index (Phi) is 6.15. The summed E-state index contributed by atoms with van der Waals surface area (Å²) in [5, 5.41) is -0.268. The number of thioether (sulfide) groups is 1. The predicted molar refractivity (Wildman–Crippen MR) is 117 cm³/mol. The molecule has 0 aliphatic carbocycles. The number of hydrogen-bond acceptors (Lipinski definition) is 3. The number of anilines is 1. The molecule has 1 aliphatic rings. The van der Waals surface area contributed by atoms with E-state index in [1.165, 1.54) is 12.1 Å². The summed E-state index contributed by atoms with van der Waals surface area (Å²) in [6.07, 6.45) is 0. The first-order chi connectivity index (χ1) is 14.2. The van der Waals surface area contributed by atoms with Crippen molar-refractivity contribution in [2.45, 2.75) is 10.1 Å². The lowest BCUT2D eigenvalue weighted by Crippen LogP contribution is -2.49. The highest BCUT2D eigenvalue weighted by atomic mass is 32.2. The second kappa shape index (κ2) is 9.14. The highest BCUT2D eigenvalue weighted by Gasteiger charge is 2.29. The van der Waals surface area contributed by atoms with Gasteiger partial charge in [-0.15, -0.1) is 11.8 Å². The molecule has 3 aromatic carbocycles. The first-order valence-electron chi connectivity index (χ1n) is 9.77. The van der Waals surface area contributed by atoms with Crippen LogP contribution >= 0.6 is 11.8 Å². The lowest BCUT2D eigenvalue weighted by molar-refractivity contribution is -0.131.